The molecule has 0 amide bonds. The molecule has 2 heterocycles. The molecular formula is C20H16F3N5O. The maximum absolute atomic E-state index is 13.3. The molecule has 0 fully saturated rings. The summed E-state index contributed by atoms with van der Waals surface area (Å²) in [5.41, 5.74) is 12.1. The van der Waals surface area contributed by atoms with Gasteiger partial charge < -0.3 is 16.2 Å². The minimum Gasteiger partial charge on any atom is -0.497 e. The van der Waals surface area contributed by atoms with Crippen LogP contribution in [0.2, 0.25) is 0 Å². The van der Waals surface area contributed by atoms with Gasteiger partial charge in [-0.2, -0.15) is 13.2 Å². The van der Waals surface area contributed by atoms with Crippen molar-refractivity contribution in [3.05, 3.63) is 58.9 Å². The highest BCUT2D eigenvalue weighted by molar-refractivity contribution is 5.72. The summed E-state index contributed by atoms with van der Waals surface area (Å²) in [5, 5.41) is 0. The maximum atomic E-state index is 13.3. The molecule has 148 valence electrons. The van der Waals surface area contributed by atoms with Crippen LogP contribution in [0.4, 0.5) is 24.9 Å². The van der Waals surface area contributed by atoms with Crippen molar-refractivity contribution >= 4 is 11.8 Å². The number of pyridine rings is 1. The van der Waals surface area contributed by atoms with E-state index in [0.717, 1.165) is 12.1 Å². The number of methoxy groups -OCH3 is 1. The van der Waals surface area contributed by atoms with Gasteiger partial charge in [-0.25, -0.2) is 15.0 Å². The fourth-order valence-electron chi connectivity index (χ4n) is 2.58. The van der Waals surface area contributed by atoms with Crippen molar-refractivity contribution in [1.82, 2.24) is 15.0 Å². The molecule has 1 aromatic carbocycles. The minimum atomic E-state index is -4.56. The third-order valence-electron chi connectivity index (χ3n) is 3.97. The van der Waals surface area contributed by atoms with E-state index in [4.69, 9.17) is 16.2 Å². The molecule has 2 aromatic heterocycles. The average molecular weight is 399 g/mol. The van der Waals surface area contributed by atoms with Crippen LogP contribution in [0.25, 0.3) is 11.3 Å². The number of nitrogens with zero attached hydrogens (tertiary/aromatic N) is 3. The Morgan fingerprint density at radius 2 is 1.79 bits per heavy atom. The Kier molecular flexibility index (Phi) is 5.28. The monoisotopic (exact) mass is 399 g/mol. The number of rotatable bonds is 2. The summed E-state index contributed by atoms with van der Waals surface area (Å²) in [7, 11) is 1.29. The maximum Gasteiger partial charge on any atom is 0.416 e. The first kappa shape index (κ1) is 19.9. The van der Waals surface area contributed by atoms with Gasteiger partial charge in [-0.15, -0.1) is 0 Å². The number of halogens is 3. The van der Waals surface area contributed by atoms with E-state index in [-0.39, 0.29) is 23.0 Å². The smallest absolute Gasteiger partial charge is 0.416 e. The summed E-state index contributed by atoms with van der Waals surface area (Å²) in [6, 6.07) is 6.59. The van der Waals surface area contributed by atoms with Crippen molar-refractivity contribution in [3.8, 4) is 28.8 Å². The summed E-state index contributed by atoms with van der Waals surface area (Å²) in [6.07, 6.45) is -3.07. The molecular weight excluding hydrogens is 383 g/mol. The SMILES string of the molecule is COc1cc(-c2nc(N)nc(C)c2C#Cc2ccc(N)nc2)cc(C(F)(F)F)c1. The van der Waals surface area contributed by atoms with Crippen LogP contribution in [-0.2, 0) is 6.18 Å². The molecule has 0 aliphatic rings. The minimum absolute atomic E-state index is 0.0336. The van der Waals surface area contributed by atoms with Crippen LogP contribution in [0, 0.1) is 18.8 Å². The largest absolute Gasteiger partial charge is 0.497 e. The number of nitrogens with two attached hydrogens (primary N) is 2. The van der Waals surface area contributed by atoms with E-state index in [9.17, 15) is 13.2 Å². The summed E-state index contributed by atoms with van der Waals surface area (Å²) in [4.78, 5) is 12.2. The zero-order valence-electron chi connectivity index (χ0n) is 15.5. The van der Waals surface area contributed by atoms with Crippen molar-refractivity contribution in [2.75, 3.05) is 18.6 Å². The van der Waals surface area contributed by atoms with Crippen molar-refractivity contribution in [2.24, 2.45) is 0 Å². The van der Waals surface area contributed by atoms with E-state index >= 15 is 0 Å². The molecule has 3 rings (SSSR count). The highest BCUT2D eigenvalue weighted by atomic mass is 19.4. The van der Waals surface area contributed by atoms with Gasteiger partial charge in [0, 0.05) is 17.3 Å². The van der Waals surface area contributed by atoms with Crippen molar-refractivity contribution in [2.45, 2.75) is 13.1 Å². The van der Waals surface area contributed by atoms with Gasteiger partial charge in [-0.05, 0) is 37.3 Å². The molecule has 0 spiro atoms. The van der Waals surface area contributed by atoms with E-state index in [1.54, 1.807) is 19.1 Å². The number of ether oxygens (including phenoxy) is 1. The highest BCUT2D eigenvalue weighted by Crippen LogP contribution is 2.36. The van der Waals surface area contributed by atoms with Gasteiger partial charge in [0.2, 0.25) is 5.95 Å². The topological polar surface area (TPSA) is 99.9 Å². The number of aromatic nitrogens is 3. The van der Waals surface area contributed by atoms with Gasteiger partial charge in [0.15, 0.2) is 0 Å². The first-order chi connectivity index (χ1) is 13.7. The Morgan fingerprint density at radius 1 is 1.03 bits per heavy atom. The lowest BCUT2D eigenvalue weighted by molar-refractivity contribution is -0.137. The van der Waals surface area contributed by atoms with Gasteiger partial charge in [0.1, 0.15) is 11.6 Å². The van der Waals surface area contributed by atoms with Crippen LogP contribution in [0.15, 0.2) is 36.5 Å². The van der Waals surface area contributed by atoms with Gasteiger partial charge in [0.25, 0.3) is 0 Å². The van der Waals surface area contributed by atoms with Gasteiger partial charge in [0.05, 0.1) is 29.6 Å². The molecule has 4 N–H and O–H groups in total. The number of anilines is 2. The summed E-state index contributed by atoms with van der Waals surface area (Å²) < 4.78 is 44.9. The zero-order valence-corrected chi connectivity index (χ0v) is 15.5. The second-order valence-electron chi connectivity index (χ2n) is 6.06. The quantitative estimate of drug-likeness (QED) is 0.641. The van der Waals surface area contributed by atoms with Crippen molar-refractivity contribution in [1.29, 1.82) is 0 Å². The summed E-state index contributed by atoms with van der Waals surface area (Å²) >= 11 is 0. The van der Waals surface area contributed by atoms with Gasteiger partial charge >= 0.3 is 6.18 Å². The molecule has 0 unspecified atom stereocenters. The van der Waals surface area contributed by atoms with Crippen LogP contribution < -0.4 is 16.2 Å². The summed E-state index contributed by atoms with van der Waals surface area (Å²) in [5.74, 6) is 6.10. The lowest BCUT2D eigenvalue weighted by Gasteiger charge is -2.13. The first-order valence-corrected chi connectivity index (χ1v) is 8.31. The van der Waals surface area contributed by atoms with Crippen LogP contribution in [0.5, 0.6) is 5.75 Å². The number of aryl methyl sites for hydroxylation is 1. The predicted octanol–water partition coefficient (Wildman–Crippen LogP) is 3.44. The number of nitrogen functional groups attached to an aromatic ring is 2. The van der Waals surface area contributed by atoms with E-state index in [0.29, 0.717) is 22.6 Å². The van der Waals surface area contributed by atoms with Crippen LogP contribution >= 0.6 is 0 Å². The third kappa shape index (κ3) is 4.55. The molecule has 0 bridgehead atoms. The van der Waals surface area contributed by atoms with E-state index < -0.39 is 11.7 Å². The first-order valence-electron chi connectivity index (χ1n) is 8.31. The normalized spacial score (nSPS) is 10.9. The van der Waals surface area contributed by atoms with Crippen molar-refractivity contribution < 1.29 is 17.9 Å². The van der Waals surface area contributed by atoms with Crippen LogP contribution in [0.3, 0.4) is 0 Å². The molecule has 29 heavy (non-hydrogen) atoms. The van der Waals surface area contributed by atoms with E-state index in [1.807, 2.05) is 0 Å². The molecule has 3 aromatic rings. The Labute approximate surface area is 164 Å². The molecule has 0 radical (unpaired) electrons. The summed E-state index contributed by atoms with van der Waals surface area (Å²) in [6.45, 7) is 1.65. The third-order valence-corrected chi connectivity index (χ3v) is 3.97. The Balaban J connectivity index is 2.19. The molecule has 9 heteroatoms. The molecule has 0 saturated carbocycles. The second kappa shape index (κ2) is 7.67. The van der Waals surface area contributed by atoms with Gasteiger partial charge in [-0.1, -0.05) is 11.8 Å². The lowest BCUT2D eigenvalue weighted by Crippen LogP contribution is -2.07. The molecule has 0 aliphatic heterocycles. The van der Waals surface area contributed by atoms with E-state index in [1.165, 1.54) is 19.4 Å². The molecule has 0 atom stereocenters. The fraction of sp³-hybridized carbons (Fsp3) is 0.150. The number of hydrogen-bond acceptors (Lipinski definition) is 6. The Morgan fingerprint density at radius 3 is 2.41 bits per heavy atom. The fourth-order valence-corrected chi connectivity index (χ4v) is 2.58. The lowest BCUT2D eigenvalue weighted by atomic mass is 10.0. The van der Waals surface area contributed by atoms with Crippen LogP contribution in [0.1, 0.15) is 22.4 Å². The molecule has 6 nitrogen and oxygen atoms in total. The highest BCUT2D eigenvalue weighted by Gasteiger charge is 2.32. The van der Waals surface area contributed by atoms with E-state index in [2.05, 4.69) is 26.8 Å². The van der Waals surface area contributed by atoms with Crippen LogP contribution in [-0.4, -0.2) is 22.1 Å². The number of hydrogen-bond donors (Lipinski definition) is 2. The zero-order chi connectivity index (χ0) is 21.2. The molecule has 0 saturated heterocycles. The Bertz CT molecular complexity index is 1120. The Hall–Kier alpha value is -3.80. The molecule has 0 aliphatic carbocycles. The van der Waals surface area contributed by atoms with Gasteiger partial charge in [-0.3, -0.25) is 0 Å². The van der Waals surface area contributed by atoms with Crippen molar-refractivity contribution in [3.63, 3.8) is 0 Å². The number of benzene rings is 1. The second-order valence-corrected chi connectivity index (χ2v) is 6.06. The number of alkyl halides is 3. The average Bonchev–Trinajstić information content (AvgIpc) is 2.67. The predicted molar refractivity (Wildman–Crippen MR) is 103 cm³/mol. The standard InChI is InChI=1S/C20H16F3N5O/c1-11-16(5-3-12-4-6-17(24)26-10-12)18(28-19(25)27-11)13-7-14(20(21,22)23)9-15(8-13)29-2/h4,6-10H,1-2H3,(H2,24,26)(H2,25,27,28).